The van der Waals surface area contributed by atoms with Gasteiger partial charge in [0, 0.05) is 30.6 Å². The summed E-state index contributed by atoms with van der Waals surface area (Å²) in [5.74, 6) is -2.04. The normalized spacial score (nSPS) is 20.7. The van der Waals surface area contributed by atoms with Crippen molar-refractivity contribution in [2.24, 2.45) is 5.41 Å². The number of anilines is 2. The SMILES string of the molecule is COc1ccc(CN(Cc2ccc(OC)cc2)c2cc(-c3nc4c5c(nc(OCC6(C(O)C(F)(F)F)CC6)nc5c3F)N3C[C@H]5CC[C@@H]([C@H]3[C@H](C)O4)N5C(=O)OC(C)(C)C)c(C(F)(F)F)c(C)c2F)cc1. The van der Waals surface area contributed by atoms with Crippen LogP contribution in [0, 0.1) is 24.0 Å². The maximum atomic E-state index is 17.9. The van der Waals surface area contributed by atoms with Gasteiger partial charge in [0.25, 0.3) is 0 Å². The van der Waals surface area contributed by atoms with Crippen LogP contribution in [0.5, 0.6) is 23.4 Å². The molecule has 1 aliphatic carbocycles. The van der Waals surface area contributed by atoms with Crippen LogP contribution in [0.25, 0.3) is 22.2 Å². The molecule has 0 radical (unpaired) electrons. The first-order valence-electron chi connectivity index (χ1n) is 23.1. The Hall–Kier alpha value is -6.38. The van der Waals surface area contributed by atoms with Gasteiger partial charge in [0.05, 0.1) is 50.2 Å². The van der Waals surface area contributed by atoms with Gasteiger partial charge in [-0.2, -0.15) is 36.3 Å². The van der Waals surface area contributed by atoms with E-state index in [0.29, 0.717) is 35.5 Å². The topological polar surface area (TPSA) is 132 Å². The molecule has 5 heterocycles. The number of amides is 1. The number of carbonyl (C=O) groups excluding carboxylic acids is 1. The molecular formula is C50H52F8N6O7. The summed E-state index contributed by atoms with van der Waals surface area (Å²) >= 11 is 0. The Kier molecular flexibility index (Phi) is 12.6. The largest absolute Gasteiger partial charge is 0.497 e. The molecule has 9 rings (SSSR count). The summed E-state index contributed by atoms with van der Waals surface area (Å²) in [6.07, 6.45) is -13.7. The van der Waals surface area contributed by atoms with E-state index < -0.39 is 118 Å². The summed E-state index contributed by atoms with van der Waals surface area (Å²) in [5.41, 5.74) is -6.53. The molecule has 2 bridgehead atoms. The number of alkyl halides is 6. The van der Waals surface area contributed by atoms with Gasteiger partial charge in [0.15, 0.2) is 11.9 Å². The zero-order valence-corrected chi connectivity index (χ0v) is 39.8. The number of carbonyl (C=O) groups is 1. The van der Waals surface area contributed by atoms with Crippen molar-refractivity contribution in [2.45, 2.75) is 122 Å². The molecule has 1 unspecified atom stereocenters. The van der Waals surface area contributed by atoms with Crippen LogP contribution in [-0.2, 0) is 24.0 Å². The van der Waals surface area contributed by atoms with Gasteiger partial charge in [-0.15, -0.1) is 0 Å². The van der Waals surface area contributed by atoms with Crippen molar-refractivity contribution in [3.8, 4) is 34.6 Å². The molecule has 1 N–H and O–H groups in total. The first kappa shape index (κ1) is 49.6. The van der Waals surface area contributed by atoms with Gasteiger partial charge >= 0.3 is 24.5 Å². The molecule has 380 valence electrons. The van der Waals surface area contributed by atoms with E-state index in [2.05, 4.69) is 15.0 Å². The van der Waals surface area contributed by atoms with Gasteiger partial charge < -0.3 is 38.6 Å². The van der Waals surface area contributed by atoms with Crippen LogP contribution in [0.1, 0.15) is 75.6 Å². The Labute approximate surface area is 403 Å². The number of hydrogen-bond acceptors (Lipinski definition) is 12. The molecule has 1 saturated carbocycles. The number of methoxy groups -OCH3 is 2. The molecule has 13 nitrogen and oxygen atoms in total. The van der Waals surface area contributed by atoms with Gasteiger partial charge in [-0.3, -0.25) is 4.90 Å². The summed E-state index contributed by atoms with van der Waals surface area (Å²) in [4.78, 5) is 32.0. The van der Waals surface area contributed by atoms with E-state index >= 15 is 22.0 Å². The number of aliphatic hydroxyl groups is 1. The average Bonchev–Trinajstić information content (AvgIpc) is 4.05. The third kappa shape index (κ3) is 9.36. The van der Waals surface area contributed by atoms with E-state index in [1.165, 1.54) is 19.1 Å². The number of aromatic nitrogens is 3. The molecule has 2 aromatic heterocycles. The number of ether oxygens (including phenoxy) is 5. The highest BCUT2D eigenvalue weighted by Gasteiger charge is 2.60. The van der Waals surface area contributed by atoms with E-state index in [1.54, 1.807) is 86.0 Å². The van der Waals surface area contributed by atoms with Crippen LogP contribution in [0.4, 0.5) is 51.4 Å². The van der Waals surface area contributed by atoms with Gasteiger partial charge in [0.1, 0.15) is 51.4 Å². The van der Waals surface area contributed by atoms with E-state index in [4.69, 9.17) is 23.7 Å². The molecule has 2 saturated heterocycles. The fourth-order valence-electron chi connectivity index (χ4n) is 10.2. The Morgan fingerprint density at radius 2 is 1.51 bits per heavy atom. The minimum atomic E-state index is -5.28. The fourth-order valence-corrected chi connectivity index (χ4v) is 10.2. The van der Waals surface area contributed by atoms with E-state index in [-0.39, 0.29) is 49.4 Å². The second kappa shape index (κ2) is 18.0. The van der Waals surface area contributed by atoms with Gasteiger partial charge in [-0.25, -0.2) is 18.6 Å². The van der Waals surface area contributed by atoms with Crippen LogP contribution in [0.3, 0.4) is 0 Å². The highest BCUT2D eigenvalue weighted by Crippen LogP contribution is 2.54. The lowest BCUT2D eigenvalue weighted by Gasteiger charge is -2.48. The molecule has 5 atom stereocenters. The maximum Gasteiger partial charge on any atom is 0.417 e. The predicted molar refractivity (Wildman–Crippen MR) is 244 cm³/mol. The number of rotatable bonds is 12. The third-order valence-electron chi connectivity index (χ3n) is 13.8. The highest BCUT2D eigenvalue weighted by atomic mass is 19.4. The number of halogens is 8. The van der Waals surface area contributed by atoms with Crippen molar-refractivity contribution >= 4 is 28.5 Å². The van der Waals surface area contributed by atoms with E-state index in [1.807, 2.05) is 0 Å². The first-order chi connectivity index (χ1) is 33.4. The van der Waals surface area contributed by atoms with Crippen LogP contribution in [0.15, 0.2) is 54.6 Å². The highest BCUT2D eigenvalue weighted by molar-refractivity contribution is 5.98. The standard InChI is InChI=1S/C50H52F8N6O7/c1-25-36(49(53,54)55)32(20-34(37(25)51)62(21-27-8-13-30(67-6)14-9-27)22-28-10-15-31(68-7)16-11-28)39-38(52)40-35-42(61-45(60-40)69-24-48(18-19-48)44(65)50(56,57)58)63-23-29-12-17-33(41(63)26(2)70-43(35)59-39)64(29)46(66)71-47(3,4)5/h8-11,13-16,20,26,29,33,41,44,65H,12,17-19,21-24H2,1-7H3/t26-,29+,33-,41+,44?/m0/s1. The van der Waals surface area contributed by atoms with E-state index in [0.717, 1.165) is 13.0 Å². The fraction of sp³-hybridized carbons (Fsp3) is 0.480. The minimum absolute atomic E-state index is 0.0434. The Morgan fingerprint density at radius 3 is 2.04 bits per heavy atom. The zero-order valence-electron chi connectivity index (χ0n) is 39.8. The average molecular weight is 1000 g/mol. The summed E-state index contributed by atoms with van der Waals surface area (Å²) in [5, 5.41) is 10.1. The second-order valence-electron chi connectivity index (χ2n) is 19.7. The lowest BCUT2D eigenvalue weighted by atomic mass is 9.95. The van der Waals surface area contributed by atoms with Crippen molar-refractivity contribution < 1.29 is 68.7 Å². The first-order valence-corrected chi connectivity index (χ1v) is 23.1. The van der Waals surface area contributed by atoms with Crippen molar-refractivity contribution in [3.05, 3.63) is 88.5 Å². The smallest absolute Gasteiger partial charge is 0.417 e. The molecule has 3 aliphatic heterocycles. The molecule has 21 heteroatoms. The Balaban J connectivity index is 1.23. The summed E-state index contributed by atoms with van der Waals surface area (Å²) in [6, 6.07) is 12.0. The number of piperazine rings is 1. The van der Waals surface area contributed by atoms with Crippen molar-refractivity contribution in [1.82, 2.24) is 19.9 Å². The number of fused-ring (bicyclic) bond motifs is 5. The number of hydrogen-bond donors (Lipinski definition) is 1. The summed E-state index contributed by atoms with van der Waals surface area (Å²) in [6.45, 7) is 7.02. The van der Waals surface area contributed by atoms with Gasteiger partial charge in [-0.1, -0.05) is 24.3 Å². The molecule has 5 aromatic rings. The molecule has 71 heavy (non-hydrogen) atoms. The van der Waals surface area contributed by atoms with Crippen LogP contribution in [0.2, 0.25) is 0 Å². The molecular weight excluding hydrogens is 949 g/mol. The number of benzene rings is 3. The molecule has 3 aromatic carbocycles. The Morgan fingerprint density at radius 1 is 0.901 bits per heavy atom. The lowest BCUT2D eigenvalue weighted by Crippen LogP contribution is -2.65. The number of pyridine rings is 1. The summed E-state index contributed by atoms with van der Waals surface area (Å²) < 4.78 is 152. The lowest BCUT2D eigenvalue weighted by molar-refractivity contribution is -0.227. The molecule has 1 amide bonds. The van der Waals surface area contributed by atoms with Crippen LogP contribution >= 0.6 is 0 Å². The molecule has 4 aliphatic rings. The number of nitrogens with zero attached hydrogens (tertiary/aromatic N) is 6. The zero-order chi connectivity index (χ0) is 51.1. The van der Waals surface area contributed by atoms with Crippen LogP contribution in [-0.4, -0.2) is 101 Å². The quantitative estimate of drug-likeness (QED) is 0.119. The van der Waals surface area contributed by atoms with E-state index in [9.17, 15) is 23.1 Å². The summed E-state index contributed by atoms with van der Waals surface area (Å²) in [7, 11) is 2.97. The predicted octanol–water partition coefficient (Wildman–Crippen LogP) is 10.3. The van der Waals surface area contributed by atoms with Gasteiger partial charge in [0.2, 0.25) is 5.88 Å². The van der Waals surface area contributed by atoms with Crippen molar-refractivity contribution in [2.75, 3.05) is 37.2 Å². The second-order valence-corrected chi connectivity index (χ2v) is 19.7. The van der Waals surface area contributed by atoms with Crippen molar-refractivity contribution in [1.29, 1.82) is 0 Å². The monoisotopic (exact) mass is 1000 g/mol. The Bertz CT molecular complexity index is 2790. The number of aliphatic hydroxyl groups excluding tert-OH is 1. The van der Waals surface area contributed by atoms with Crippen molar-refractivity contribution in [3.63, 3.8) is 0 Å². The van der Waals surface area contributed by atoms with Gasteiger partial charge in [-0.05, 0) is 107 Å². The minimum Gasteiger partial charge on any atom is -0.497 e. The molecule has 0 spiro atoms. The maximum absolute atomic E-state index is 17.9. The van der Waals surface area contributed by atoms with Crippen LogP contribution < -0.4 is 28.7 Å². The molecule has 3 fully saturated rings. The third-order valence-corrected chi connectivity index (χ3v) is 13.8.